The molecule has 84 valence electrons. The van der Waals surface area contributed by atoms with Gasteiger partial charge in [0, 0.05) is 25.3 Å². The van der Waals surface area contributed by atoms with Gasteiger partial charge >= 0.3 is 5.97 Å². The van der Waals surface area contributed by atoms with E-state index in [4.69, 9.17) is 9.84 Å². The molecule has 15 heavy (non-hydrogen) atoms. The summed E-state index contributed by atoms with van der Waals surface area (Å²) in [6.07, 6.45) is 2.74. The number of ether oxygens (including phenoxy) is 1. The monoisotopic (exact) mass is 213 g/mol. The Morgan fingerprint density at radius 1 is 1.47 bits per heavy atom. The first kappa shape index (κ1) is 11.7. The molecular weight excluding hydrogens is 198 g/mol. The molecule has 0 saturated carbocycles. The zero-order valence-electron chi connectivity index (χ0n) is 8.68. The average molecular weight is 213 g/mol. The average Bonchev–Trinajstić information content (AvgIpc) is 2.39. The van der Waals surface area contributed by atoms with Crippen molar-refractivity contribution < 1.29 is 19.4 Å². The van der Waals surface area contributed by atoms with Gasteiger partial charge in [0.2, 0.25) is 5.91 Å². The minimum absolute atomic E-state index is 0.00144. The number of amides is 1. The van der Waals surface area contributed by atoms with Crippen molar-refractivity contribution in [3.8, 4) is 0 Å². The van der Waals surface area contributed by atoms with Crippen LogP contribution in [0.25, 0.3) is 0 Å². The smallest absolute Gasteiger partial charge is 0.328 e. The number of carboxylic acids is 1. The van der Waals surface area contributed by atoms with E-state index in [1.807, 2.05) is 6.92 Å². The fourth-order valence-corrected chi connectivity index (χ4v) is 1.47. The van der Waals surface area contributed by atoms with Gasteiger partial charge < -0.3 is 14.7 Å². The van der Waals surface area contributed by atoms with Crippen molar-refractivity contribution in [2.45, 2.75) is 19.4 Å². The maximum Gasteiger partial charge on any atom is 0.328 e. The van der Waals surface area contributed by atoms with Crippen LogP contribution in [0.4, 0.5) is 0 Å². The van der Waals surface area contributed by atoms with E-state index in [0.29, 0.717) is 19.8 Å². The molecule has 1 unspecified atom stereocenters. The Morgan fingerprint density at radius 3 is 2.87 bits per heavy atom. The fraction of sp³-hybridized carbons (Fsp3) is 0.600. The lowest BCUT2D eigenvalue weighted by Crippen LogP contribution is -2.39. The molecule has 5 heteroatoms. The normalized spacial score (nSPS) is 22.7. The number of hydrogen-bond acceptors (Lipinski definition) is 3. The largest absolute Gasteiger partial charge is 0.478 e. The number of carbonyl (C=O) groups excluding carboxylic acids is 1. The van der Waals surface area contributed by atoms with E-state index in [1.165, 1.54) is 0 Å². The number of hydrogen-bond donors (Lipinski definition) is 1. The topological polar surface area (TPSA) is 66.8 Å². The maximum absolute atomic E-state index is 11.6. The van der Waals surface area contributed by atoms with Crippen LogP contribution in [-0.4, -0.2) is 47.7 Å². The highest BCUT2D eigenvalue weighted by atomic mass is 16.5. The van der Waals surface area contributed by atoms with Gasteiger partial charge in [-0.3, -0.25) is 4.79 Å². The van der Waals surface area contributed by atoms with E-state index >= 15 is 0 Å². The third kappa shape index (κ3) is 3.71. The summed E-state index contributed by atoms with van der Waals surface area (Å²) < 4.78 is 5.28. The van der Waals surface area contributed by atoms with Crippen molar-refractivity contribution >= 4 is 11.9 Å². The van der Waals surface area contributed by atoms with Crippen LogP contribution >= 0.6 is 0 Å². The predicted octanol–water partition coefficient (Wildman–Crippen LogP) is 0.265. The molecule has 0 aromatic heterocycles. The lowest BCUT2D eigenvalue weighted by molar-refractivity contribution is -0.132. The minimum atomic E-state index is -1.11. The Morgan fingerprint density at radius 2 is 2.20 bits per heavy atom. The van der Waals surface area contributed by atoms with Crippen molar-refractivity contribution in [3.05, 3.63) is 12.2 Å². The van der Waals surface area contributed by atoms with Gasteiger partial charge in [0.15, 0.2) is 0 Å². The van der Waals surface area contributed by atoms with Gasteiger partial charge in [-0.05, 0) is 13.3 Å². The van der Waals surface area contributed by atoms with Crippen LogP contribution in [0.2, 0.25) is 0 Å². The first-order valence-corrected chi connectivity index (χ1v) is 4.90. The third-order valence-electron chi connectivity index (χ3n) is 2.23. The number of aliphatic carboxylic acids is 1. The molecular formula is C10H15NO4. The van der Waals surface area contributed by atoms with Crippen molar-refractivity contribution in [2.24, 2.45) is 0 Å². The molecule has 0 bridgehead atoms. The van der Waals surface area contributed by atoms with Gasteiger partial charge in [-0.1, -0.05) is 0 Å². The second-order valence-electron chi connectivity index (χ2n) is 3.48. The molecule has 0 aromatic rings. The van der Waals surface area contributed by atoms with Crippen molar-refractivity contribution in [2.75, 3.05) is 19.8 Å². The molecule has 5 nitrogen and oxygen atoms in total. The highest BCUT2D eigenvalue weighted by Gasteiger charge is 2.20. The second kappa shape index (κ2) is 5.50. The lowest BCUT2D eigenvalue weighted by atomic mass is 10.2. The van der Waals surface area contributed by atoms with Gasteiger partial charge in [-0.2, -0.15) is 0 Å². The van der Waals surface area contributed by atoms with E-state index in [2.05, 4.69) is 0 Å². The molecule has 1 amide bonds. The van der Waals surface area contributed by atoms with E-state index in [-0.39, 0.29) is 11.9 Å². The Labute approximate surface area is 88.3 Å². The molecule has 0 spiro atoms. The number of carboxylic acid groups (broad SMARTS) is 1. The number of rotatable bonds is 2. The van der Waals surface area contributed by atoms with Gasteiger partial charge in [0.1, 0.15) is 0 Å². The molecule has 1 heterocycles. The van der Waals surface area contributed by atoms with Crippen LogP contribution in [0.5, 0.6) is 0 Å². The quantitative estimate of drug-likeness (QED) is 0.668. The molecule has 1 rings (SSSR count). The summed E-state index contributed by atoms with van der Waals surface area (Å²) in [4.78, 5) is 23.5. The SMILES string of the molecule is CC1COCCCN1C(=O)/C=C/C(=O)O. The first-order chi connectivity index (χ1) is 7.11. The zero-order chi connectivity index (χ0) is 11.3. The summed E-state index contributed by atoms with van der Waals surface area (Å²) in [6.45, 7) is 3.66. The fourth-order valence-electron chi connectivity index (χ4n) is 1.47. The highest BCUT2D eigenvalue weighted by molar-refractivity contribution is 5.94. The predicted molar refractivity (Wildman–Crippen MR) is 53.4 cm³/mol. The summed E-state index contributed by atoms with van der Waals surface area (Å²) >= 11 is 0. The summed E-state index contributed by atoms with van der Waals surface area (Å²) in [7, 11) is 0. The van der Waals surface area contributed by atoms with E-state index in [0.717, 1.165) is 18.6 Å². The lowest BCUT2D eigenvalue weighted by Gasteiger charge is -2.24. The Bertz CT molecular complexity index is 275. The highest BCUT2D eigenvalue weighted by Crippen LogP contribution is 2.07. The van der Waals surface area contributed by atoms with Crippen LogP contribution in [0, 0.1) is 0 Å². The third-order valence-corrected chi connectivity index (χ3v) is 2.23. The van der Waals surface area contributed by atoms with Gasteiger partial charge in [-0.25, -0.2) is 4.79 Å². The molecule has 0 aliphatic carbocycles. The number of nitrogens with zero attached hydrogens (tertiary/aromatic N) is 1. The zero-order valence-corrected chi connectivity index (χ0v) is 8.68. The van der Waals surface area contributed by atoms with E-state index < -0.39 is 5.97 Å². The molecule has 1 aliphatic heterocycles. The summed E-state index contributed by atoms with van der Waals surface area (Å²) in [5.74, 6) is -1.38. The van der Waals surface area contributed by atoms with Crippen LogP contribution in [0.1, 0.15) is 13.3 Å². The van der Waals surface area contributed by atoms with Crippen molar-refractivity contribution in [1.29, 1.82) is 0 Å². The Kier molecular flexibility index (Phi) is 4.30. The van der Waals surface area contributed by atoms with Crippen molar-refractivity contribution in [1.82, 2.24) is 4.90 Å². The summed E-state index contributed by atoms with van der Waals surface area (Å²) in [5, 5.41) is 8.40. The molecule has 1 saturated heterocycles. The molecule has 1 N–H and O–H groups in total. The second-order valence-corrected chi connectivity index (χ2v) is 3.48. The van der Waals surface area contributed by atoms with Gasteiger partial charge in [-0.15, -0.1) is 0 Å². The molecule has 1 fully saturated rings. The first-order valence-electron chi connectivity index (χ1n) is 4.90. The van der Waals surface area contributed by atoms with Gasteiger partial charge in [0.25, 0.3) is 0 Å². The van der Waals surface area contributed by atoms with Gasteiger partial charge in [0.05, 0.1) is 12.6 Å². The van der Waals surface area contributed by atoms with Crippen molar-refractivity contribution in [3.63, 3.8) is 0 Å². The molecule has 1 atom stereocenters. The van der Waals surface area contributed by atoms with E-state index in [1.54, 1.807) is 4.90 Å². The minimum Gasteiger partial charge on any atom is -0.478 e. The summed E-state index contributed by atoms with van der Waals surface area (Å²) in [6, 6.07) is -0.00144. The number of carbonyl (C=O) groups is 2. The molecule has 0 aromatic carbocycles. The standard InChI is InChI=1S/C10H15NO4/c1-8-7-15-6-2-5-11(8)9(12)3-4-10(13)14/h3-4,8H,2,5-7H2,1H3,(H,13,14)/b4-3+. The summed E-state index contributed by atoms with van der Waals surface area (Å²) in [5.41, 5.74) is 0. The Balaban J connectivity index is 2.59. The van der Waals surface area contributed by atoms with Crippen LogP contribution in [0.15, 0.2) is 12.2 Å². The maximum atomic E-state index is 11.6. The molecule has 0 radical (unpaired) electrons. The van der Waals surface area contributed by atoms with Crippen LogP contribution in [-0.2, 0) is 14.3 Å². The Hall–Kier alpha value is -1.36. The van der Waals surface area contributed by atoms with Crippen LogP contribution < -0.4 is 0 Å². The van der Waals surface area contributed by atoms with Crippen LogP contribution in [0.3, 0.4) is 0 Å². The van der Waals surface area contributed by atoms with E-state index in [9.17, 15) is 9.59 Å². The molecule has 1 aliphatic rings.